The lowest BCUT2D eigenvalue weighted by atomic mass is 9.81. The van der Waals surface area contributed by atoms with Gasteiger partial charge in [-0.15, -0.1) is 0 Å². The van der Waals surface area contributed by atoms with Crippen molar-refractivity contribution in [3.05, 3.63) is 29.8 Å². The van der Waals surface area contributed by atoms with E-state index in [1.165, 1.54) is 18.4 Å². The van der Waals surface area contributed by atoms with Gasteiger partial charge in [0.1, 0.15) is 5.75 Å². The van der Waals surface area contributed by atoms with Crippen LogP contribution in [0.4, 0.5) is 0 Å². The number of ether oxygens (including phenoxy) is 2. The fourth-order valence-electron chi connectivity index (χ4n) is 3.28. The van der Waals surface area contributed by atoms with Gasteiger partial charge in [0.05, 0.1) is 18.8 Å². The van der Waals surface area contributed by atoms with Crippen molar-refractivity contribution >= 4 is 0 Å². The van der Waals surface area contributed by atoms with Crippen LogP contribution in [0.15, 0.2) is 24.3 Å². The molecule has 4 atom stereocenters. The van der Waals surface area contributed by atoms with Crippen molar-refractivity contribution in [2.75, 3.05) is 6.61 Å². The third kappa shape index (κ3) is 2.13. The van der Waals surface area contributed by atoms with E-state index in [-0.39, 0.29) is 6.04 Å². The lowest BCUT2D eigenvalue weighted by molar-refractivity contribution is 0.0884. The van der Waals surface area contributed by atoms with Gasteiger partial charge in [0, 0.05) is 12.0 Å². The van der Waals surface area contributed by atoms with Crippen LogP contribution in [0.5, 0.6) is 5.75 Å². The minimum absolute atomic E-state index is 0.0701. The van der Waals surface area contributed by atoms with Crippen LogP contribution in [0.1, 0.15) is 37.8 Å². The number of hydrogen-bond donors (Lipinski definition) is 1. The minimum atomic E-state index is 0.0701. The van der Waals surface area contributed by atoms with E-state index in [2.05, 4.69) is 12.1 Å². The van der Waals surface area contributed by atoms with E-state index in [1.807, 2.05) is 19.1 Å². The smallest absolute Gasteiger partial charge is 0.119 e. The number of rotatable bonds is 4. The van der Waals surface area contributed by atoms with Gasteiger partial charge in [0.2, 0.25) is 0 Å². The molecule has 2 N–H and O–H groups in total. The largest absolute Gasteiger partial charge is 0.494 e. The van der Waals surface area contributed by atoms with Crippen LogP contribution < -0.4 is 10.5 Å². The third-order valence-electron chi connectivity index (χ3n) is 4.17. The average Bonchev–Trinajstić information content (AvgIpc) is 3.01. The molecular weight excluding hydrogens is 226 g/mol. The Morgan fingerprint density at radius 1 is 1.44 bits per heavy atom. The first-order valence-corrected chi connectivity index (χ1v) is 6.91. The summed E-state index contributed by atoms with van der Waals surface area (Å²) in [6.07, 6.45) is 4.34. The highest BCUT2D eigenvalue weighted by Crippen LogP contribution is 2.44. The highest BCUT2D eigenvalue weighted by Gasteiger charge is 2.43. The molecule has 3 heteroatoms. The molecule has 0 radical (unpaired) electrons. The topological polar surface area (TPSA) is 44.5 Å². The molecule has 0 aromatic heterocycles. The zero-order valence-electron chi connectivity index (χ0n) is 10.8. The molecule has 3 rings (SSSR count). The molecule has 98 valence electrons. The van der Waals surface area contributed by atoms with Crippen molar-refractivity contribution in [3.63, 3.8) is 0 Å². The first-order chi connectivity index (χ1) is 8.78. The normalized spacial score (nSPS) is 31.6. The van der Waals surface area contributed by atoms with E-state index in [0.717, 1.165) is 12.2 Å². The van der Waals surface area contributed by atoms with E-state index < -0.39 is 0 Å². The summed E-state index contributed by atoms with van der Waals surface area (Å²) in [4.78, 5) is 0. The first-order valence-electron chi connectivity index (χ1n) is 6.91. The Morgan fingerprint density at radius 2 is 2.33 bits per heavy atom. The SMILES string of the molecule is CCOc1cccc(C(N)C2CC3CCC2O3)c1. The summed E-state index contributed by atoms with van der Waals surface area (Å²) in [5.74, 6) is 1.38. The molecule has 4 unspecified atom stereocenters. The van der Waals surface area contributed by atoms with Crippen molar-refractivity contribution in [1.29, 1.82) is 0 Å². The number of nitrogens with two attached hydrogens (primary N) is 1. The predicted octanol–water partition coefficient (Wildman–Crippen LogP) is 2.65. The van der Waals surface area contributed by atoms with Crippen LogP contribution in [-0.2, 0) is 4.74 Å². The molecule has 3 nitrogen and oxygen atoms in total. The van der Waals surface area contributed by atoms with Gasteiger partial charge in [0.25, 0.3) is 0 Å². The Morgan fingerprint density at radius 3 is 3.00 bits per heavy atom. The summed E-state index contributed by atoms with van der Waals surface area (Å²) in [7, 11) is 0. The summed E-state index contributed by atoms with van der Waals surface area (Å²) in [6.45, 7) is 2.69. The summed E-state index contributed by atoms with van der Waals surface area (Å²) in [5, 5.41) is 0. The monoisotopic (exact) mass is 247 g/mol. The highest BCUT2D eigenvalue weighted by atomic mass is 16.5. The average molecular weight is 247 g/mol. The van der Waals surface area contributed by atoms with E-state index in [9.17, 15) is 0 Å². The van der Waals surface area contributed by atoms with Crippen molar-refractivity contribution in [3.8, 4) is 5.75 Å². The number of benzene rings is 1. The molecule has 0 saturated carbocycles. The second-order valence-corrected chi connectivity index (χ2v) is 5.30. The van der Waals surface area contributed by atoms with Crippen LogP contribution >= 0.6 is 0 Å². The van der Waals surface area contributed by atoms with Gasteiger partial charge in [-0.1, -0.05) is 12.1 Å². The quantitative estimate of drug-likeness (QED) is 0.889. The van der Waals surface area contributed by atoms with Gasteiger partial charge in [-0.25, -0.2) is 0 Å². The van der Waals surface area contributed by atoms with E-state index in [1.54, 1.807) is 0 Å². The van der Waals surface area contributed by atoms with Gasteiger partial charge in [0.15, 0.2) is 0 Å². The molecule has 0 spiro atoms. The molecular formula is C15H21NO2. The predicted molar refractivity (Wildman–Crippen MR) is 70.5 cm³/mol. The number of hydrogen-bond acceptors (Lipinski definition) is 3. The van der Waals surface area contributed by atoms with Gasteiger partial charge < -0.3 is 15.2 Å². The fourth-order valence-corrected chi connectivity index (χ4v) is 3.28. The zero-order valence-corrected chi connectivity index (χ0v) is 10.8. The van der Waals surface area contributed by atoms with Crippen LogP contribution in [0, 0.1) is 5.92 Å². The molecule has 2 heterocycles. The molecule has 0 aliphatic carbocycles. The molecule has 2 aliphatic rings. The van der Waals surface area contributed by atoms with Gasteiger partial charge in [-0.05, 0) is 43.9 Å². The molecule has 18 heavy (non-hydrogen) atoms. The zero-order chi connectivity index (χ0) is 12.5. The molecule has 2 bridgehead atoms. The van der Waals surface area contributed by atoms with Crippen molar-refractivity contribution < 1.29 is 9.47 Å². The summed E-state index contributed by atoms with van der Waals surface area (Å²) in [5.41, 5.74) is 7.58. The van der Waals surface area contributed by atoms with Crippen molar-refractivity contribution in [2.24, 2.45) is 11.7 Å². The summed E-state index contributed by atoms with van der Waals surface area (Å²) < 4.78 is 11.4. The van der Waals surface area contributed by atoms with Crippen LogP contribution in [0.25, 0.3) is 0 Å². The molecule has 0 amide bonds. The van der Waals surface area contributed by atoms with Crippen molar-refractivity contribution in [2.45, 2.75) is 44.4 Å². The minimum Gasteiger partial charge on any atom is -0.494 e. The van der Waals surface area contributed by atoms with Gasteiger partial charge >= 0.3 is 0 Å². The van der Waals surface area contributed by atoms with Gasteiger partial charge in [-0.3, -0.25) is 0 Å². The second kappa shape index (κ2) is 4.90. The van der Waals surface area contributed by atoms with E-state index in [4.69, 9.17) is 15.2 Å². The molecule has 1 aromatic rings. The second-order valence-electron chi connectivity index (χ2n) is 5.30. The Kier molecular flexibility index (Phi) is 3.27. The highest BCUT2D eigenvalue weighted by molar-refractivity contribution is 5.31. The Hall–Kier alpha value is -1.06. The Labute approximate surface area is 108 Å². The molecule has 2 fully saturated rings. The number of fused-ring (bicyclic) bond motifs is 2. The Balaban J connectivity index is 1.75. The first kappa shape index (κ1) is 12.0. The Bertz CT molecular complexity index is 421. The van der Waals surface area contributed by atoms with Gasteiger partial charge in [-0.2, -0.15) is 0 Å². The lowest BCUT2D eigenvalue weighted by Crippen LogP contribution is -2.29. The van der Waals surface area contributed by atoms with Crippen LogP contribution in [-0.4, -0.2) is 18.8 Å². The fraction of sp³-hybridized carbons (Fsp3) is 0.600. The molecule has 1 aromatic carbocycles. The van der Waals surface area contributed by atoms with Crippen LogP contribution in [0.3, 0.4) is 0 Å². The maximum atomic E-state index is 6.42. The van der Waals surface area contributed by atoms with E-state index in [0.29, 0.717) is 24.7 Å². The summed E-state index contributed by atoms with van der Waals surface area (Å²) in [6, 6.07) is 8.24. The maximum Gasteiger partial charge on any atom is 0.119 e. The van der Waals surface area contributed by atoms with Crippen molar-refractivity contribution in [1.82, 2.24) is 0 Å². The summed E-state index contributed by atoms with van der Waals surface area (Å²) >= 11 is 0. The third-order valence-corrected chi connectivity index (χ3v) is 4.17. The van der Waals surface area contributed by atoms with E-state index >= 15 is 0 Å². The standard InChI is InChI=1S/C15H21NO2/c1-2-17-11-5-3-4-10(8-11)15(16)13-9-12-6-7-14(13)18-12/h3-5,8,12-15H,2,6-7,9,16H2,1H3. The maximum absolute atomic E-state index is 6.42. The van der Waals surface area contributed by atoms with Crippen LogP contribution in [0.2, 0.25) is 0 Å². The molecule has 2 aliphatic heterocycles. The lowest BCUT2D eigenvalue weighted by Gasteiger charge is -2.25. The molecule has 2 saturated heterocycles.